The number of rotatable bonds is 2. The molecule has 2 nitrogen and oxygen atoms in total. The molecule has 1 atom stereocenters. The maximum absolute atomic E-state index is 10.0. The molecule has 0 heterocycles. The molecule has 0 saturated heterocycles. The predicted octanol–water partition coefficient (Wildman–Crippen LogP) is 1.61. The molecule has 3 heteroatoms. The quantitative estimate of drug-likeness (QED) is 0.650. The van der Waals surface area contributed by atoms with Gasteiger partial charge in [0.1, 0.15) is 0 Å². The van der Waals surface area contributed by atoms with Gasteiger partial charge in [-0.05, 0) is 12.3 Å². The molecule has 0 spiro atoms. The molecule has 0 rings (SSSR count). The van der Waals surface area contributed by atoms with Gasteiger partial charge in [-0.2, -0.15) is 0 Å². The van der Waals surface area contributed by atoms with Crippen LogP contribution in [-0.2, 0) is 37.5 Å². The zero-order valence-electron chi connectivity index (χ0n) is 5.27. The molecule has 0 aliphatic heterocycles. The van der Waals surface area contributed by atoms with Crippen LogP contribution in [0, 0.1) is 5.92 Å². The van der Waals surface area contributed by atoms with E-state index >= 15 is 0 Å². The van der Waals surface area contributed by atoms with Gasteiger partial charge in [-0.15, -0.1) is 0 Å². The Bertz CT molecular complexity index is 74.8. The van der Waals surface area contributed by atoms with E-state index in [4.69, 9.17) is 5.73 Å². The average Bonchev–Trinajstić information content (AvgIpc) is 1.65. The van der Waals surface area contributed by atoms with E-state index in [-0.39, 0.29) is 38.6 Å². The van der Waals surface area contributed by atoms with Crippen molar-refractivity contribution in [3.8, 4) is 0 Å². The van der Waals surface area contributed by atoms with Crippen LogP contribution in [-0.4, -0.2) is 5.91 Å². The Balaban J connectivity index is 0. The summed E-state index contributed by atoms with van der Waals surface area (Å²) in [6.45, 7) is 3.66. The normalized spacial score (nSPS) is 11.8. The van der Waals surface area contributed by atoms with E-state index in [1.54, 1.807) is 6.92 Å². The van der Waals surface area contributed by atoms with Gasteiger partial charge < -0.3 is 10.5 Å². The van der Waals surface area contributed by atoms with E-state index in [2.05, 4.69) is 0 Å². The molecule has 8 heavy (non-hydrogen) atoms. The Morgan fingerprint density at radius 1 is 1.75 bits per heavy atom. The summed E-state index contributed by atoms with van der Waals surface area (Å²) in [5.41, 5.74) is 6.54. The van der Waals surface area contributed by atoms with E-state index in [9.17, 15) is 4.79 Å². The Kier molecular flexibility index (Phi) is 8.12. The number of hydrogen-bond acceptors (Lipinski definition) is 1. The second-order valence-electron chi connectivity index (χ2n) is 1.67. The van der Waals surface area contributed by atoms with Gasteiger partial charge in [0.25, 0.3) is 0 Å². The zero-order chi connectivity index (χ0) is 5.86. The standard InChI is InChI=1S/C5H11NO.Y/c1-3-4(2)5(6)7;/h4H,3H2,1-2H3,(H2,6,7);/p-1. The first-order chi connectivity index (χ1) is 3.18. The topological polar surface area (TPSA) is 40.9 Å². The third-order valence-electron chi connectivity index (χ3n) is 1.06. The first-order valence-electron chi connectivity index (χ1n) is 2.44. The molecule has 0 aromatic carbocycles. The van der Waals surface area contributed by atoms with Crippen molar-refractivity contribution in [2.24, 2.45) is 5.92 Å². The van der Waals surface area contributed by atoms with Crippen LogP contribution < -0.4 is 0 Å². The summed E-state index contributed by atoms with van der Waals surface area (Å²) in [6, 6.07) is 0. The van der Waals surface area contributed by atoms with Crippen LogP contribution in [0.1, 0.15) is 20.3 Å². The largest absolute Gasteiger partial charge is 0.668 e. The average molecular weight is 189 g/mol. The van der Waals surface area contributed by atoms with Gasteiger partial charge in [-0.25, -0.2) is 0 Å². The minimum absolute atomic E-state index is 0. The summed E-state index contributed by atoms with van der Waals surface area (Å²) in [5, 5.41) is 0. The maximum Gasteiger partial charge on any atom is 0.0516 e. The molecule has 0 saturated carbocycles. The van der Waals surface area contributed by atoms with E-state index in [1.807, 2.05) is 6.92 Å². The fraction of sp³-hybridized carbons (Fsp3) is 0.800. The minimum Gasteiger partial charge on any atom is -0.668 e. The molecule has 1 radical (unpaired) electrons. The van der Waals surface area contributed by atoms with Crippen molar-refractivity contribution in [2.75, 3.05) is 0 Å². The SMILES string of the molecule is CCC(C)C([NH-])=O.[Y]. The molecule has 0 fully saturated rings. The molecule has 45 valence electrons. The van der Waals surface area contributed by atoms with Gasteiger partial charge in [-0.3, -0.25) is 0 Å². The summed E-state index contributed by atoms with van der Waals surface area (Å²) < 4.78 is 0. The second kappa shape index (κ2) is 5.71. The summed E-state index contributed by atoms with van der Waals surface area (Å²) in [4.78, 5) is 10.0. The van der Waals surface area contributed by atoms with Crippen molar-refractivity contribution in [3.05, 3.63) is 5.73 Å². The van der Waals surface area contributed by atoms with Crippen molar-refractivity contribution in [1.82, 2.24) is 0 Å². The van der Waals surface area contributed by atoms with Crippen molar-refractivity contribution in [1.29, 1.82) is 0 Å². The Morgan fingerprint density at radius 2 is 2.12 bits per heavy atom. The van der Waals surface area contributed by atoms with Gasteiger partial charge in [0.05, 0.1) is 5.91 Å². The van der Waals surface area contributed by atoms with Crippen LogP contribution in [0.25, 0.3) is 5.73 Å². The van der Waals surface area contributed by atoms with E-state index in [0.29, 0.717) is 0 Å². The van der Waals surface area contributed by atoms with Crippen LogP contribution in [0.3, 0.4) is 0 Å². The Labute approximate surface area is 75.1 Å². The molecular formula is C5H10NOY-. The third-order valence-corrected chi connectivity index (χ3v) is 1.06. The van der Waals surface area contributed by atoms with Crippen molar-refractivity contribution in [3.63, 3.8) is 0 Å². The second-order valence-corrected chi connectivity index (χ2v) is 1.67. The predicted molar refractivity (Wildman–Crippen MR) is 28.8 cm³/mol. The van der Waals surface area contributed by atoms with Crippen LogP contribution in [0.15, 0.2) is 0 Å². The van der Waals surface area contributed by atoms with Crippen LogP contribution in [0.5, 0.6) is 0 Å². The molecule has 0 aromatic heterocycles. The van der Waals surface area contributed by atoms with Crippen molar-refractivity contribution < 1.29 is 37.5 Å². The Morgan fingerprint density at radius 3 is 2.12 bits per heavy atom. The van der Waals surface area contributed by atoms with Crippen LogP contribution in [0.4, 0.5) is 0 Å². The summed E-state index contributed by atoms with van der Waals surface area (Å²) in [5.74, 6) is -0.525. The fourth-order valence-corrected chi connectivity index (χ4v) is 0.185. The monoisotopic (exact) mass is 189 g/mol. The molecule has 1 amide bonds. The van der Waals surface area contributed by atoms with Gasteiger partial charge in [0, 0.05) is 32.7 Å². The van der Waals surface area contributed by atoms with E-state index < -0.39 is 5.91 Å². The van der Waals surface area contributed by atoms with Crippen molar-refractivity contribution >= 4 is 5.91 Å². The number of amides is 1. The van der Waals surface area contributed by atoms with Crippen molar-refractivity contribution in [2.45, 2.75) is 20.3 Å². The van der Waals surface area contributed by atoms with E-state index in [1.165, 1.54) is 0 Å². The summed E-state index contributed by atoms with van der Waals surface area (Å²) in [7, 11) is 0. The zero-order valence-corrected chi connectivity index (χ0v) is 8.11. The molecule has 0 bridgehead atoms. The summed E-state index contributed by atoms with van der Waals surface area (Å²) >= 11 is 0. The fourth-order valence-electron chi connectivity index (χ4n) is 0.185. The van der Waals surface area contributed by atoms with Gasteiger partial charge in [-0.1, -0.05) is 13.8 Å². The third kappa shape index (κ3) is 4.73. The van der Waals surface area contributed by atoms with Crippen LogP contribution in [0.2, 0.25) is 0 Å². The molecule has 0 aliphatic carbocycles. The first-order valence-corrected chi connectivity index (χ1v) is 2.44. The van der Waals surface area contributed by atoms with Gasteiger partial charge in [0.2, 0.25) is 0 Å². The molecular weight excluding hydrogens is 179 g/mol. The Hall–Kier alpha value is 0.574. The van der Waals surface area contributed by atoms with Crippen LogP contribution >= 0.6 is 0 Å². The van der Waals surface area contributed by atoms with Gasteiger partial charge >= 0.3 is 0 Å². The molecule has 1 N–H and O–H groups in total. The molecule has 1 unspecified atom stereocenters. The molecule has 0 aliphatic rings. The molecule has 0 aromatic rings. The number of nitrogens with one attached hydrogen (secondary N) is 1. The maximum atomic E-state index is 10.0. The van der Waals surface area contributed by atoms with E-state index in [0.717, 1.165) is 6.42 Å². The summed E-state index contributed by atoms with van der Waals surface area (Å²) in [6.07, 6.45) is 0.780. The number of carbonyl (C=O) groups is 1. The first kappa shape index (κ1) is 11.4. The number of hydrogen-bond donors (Lipinski definition) is 0. The smallest absolute Gasteiger partial charge is 0.0516 e. The minimum atomic E-state index is -0.456. The number of carbonyl (C=O) groups excluding carboxylic acids is 1. The van der Waals surface area contributed by atoms with Gasteiger partial charge in [0.15, 0.2) is 0 Å².